The summed E-state index contributed by atoms with van der Waals surface area (Å²) in [5.74, 6) is 0. The second-order valence-corrected chi connectivity index (χ2v) is 3.78. The predicted molar refractivity (Wildman–Crippen MR) is 56.5 cm³/mol. The van der Waals surface area contributed by atoms with E-state index in [1.165, 1.54) is 22.4 Å². The fourth-order valence-electron chi connectivity index (χ4n) is 1.67. The number of rotatable bonds is 2. The summed E-state index contributed by atoms with van der Waals surface area (Å²) in [6.07, 6.45) is 5.70. The van der Waals surface area contributed by atoms with Crippen LogP contribution in [0.2, 0.25) is 0 Å². The van der Waals surface area contributed by atoms with E-state index >= 15 is 0 Å². The Morgan fingerprint density at radius 3 is 2.57 bits per heavy atom. The Balaban J connectivity index is 2.30. The Labute approximate surface area is 84.2 Å². The topological polar surface area (TPSA) is 18.1 Å². The minimum atomic E-state index is 0.900. The highest BCUT2D eigenvalue weighted by Gasteiger charge is 2.05. The van der Waals surface area contributed by atoms with Crippen LogP contribution in [0.1, 0.15) is 22.4 Å². The molecule has 0 saturated heterocycles. The normalized spacial score (nSPS) is 10.8. The van der Waals surface area contributed by atoms with Crippen molar-refractivity contribution >= 4 is 0 Å². The molecule has 2 heterocycles. The highest BCUT2D eigenvalue weighted by molar-refractivity contribution is 5.29. The van der Waals surface area contributed by atoms with Gasteiger partial charge in [0.2, 0.25) is 0 Å². The molecule has 0 unspecified atom stereocenters. The molecular weight excluding hydrogens is 174 g/mol. The lowest BCUT2D eigenvalue weighted by Crippen LogP contribution is -1.99. The van der Waals surface area contributed by atoms with Crippen LogP contribution in [0.3, 0.4) is 0 Å². The van der Waals surface area contributed by atoms with Crippen LogP contribution in [0, 0.1) is 20.8 Å². The van der Waals surface area contributed by atoms with Crippen LogP contribution in [0.25, 0.3) is 0 Å². The summed E-state index contributed by atoms with van der Waals surface area (Å²) in [5, 5.41) is 0. The zero-order valence-electron chi connectivity index (χ0n) is 8.87. The third-order valence-electron chi connectivity index (χ3n) is 2.85. The van der Waals surface area contributed by atoms with Crippen LogP contribution in [0.4, 0.5) is 0 Å². The molecule has 0 aliphatic carbocycles. The van der Waals surface area contributed by atoms with Gasteiger partial charge in [0.05, 0.1) is 19.1 Å². The van der Waals surface area contributed by atoms with E-state index in [1.54, 1.807) is 12.5 Å². The fourth-order valence-corrected chi connectivity index (χ4v) is 1.67. The van der Waals surface area contributed by atoms with E-state index in [4.69, 9.17) is 4.42 Å². The Hall–Kier alpha value is -1.44. The summed E-state index contributed by atoms with van der Waals surface area (Å²) in [5.41, 5.74) is 5.28. The van der Waals surface area contributed by atoms with Crippen LogP contribution < -0.4 is 0 Å². The molecule has 14 heavy (non-hydrogen) atoms. The lowest BCUT2D eigenvalue weighted by atomic mass is 10.2. The van der Waals surface area contributed by atoms with Crippen molar-refractivity contribution in [1.29, 1.82) is 0 Å². The third-order valence-corrected chi connectivity index (χ3v) is 2.85. The first kappa shape index (κ1) is 9.13. The highest BCUT2D eigenvalue weighted by atomic mass is 16.3. The summed E-state index contributed by atoms with van der Waals surface area (Å²) in [4.78, 5) is 0. The Morgan fingerprint density at radius 1 is 1.29 bits per heavy atom. The quantitative estimate of drug-likeness (QED) is 0.710. The Morgan fingerprint density at radius 2 is 2.07 bits per heavy atom. The SMILES string of the molecule is Cc1cn(Cc2ccoc2)c(C)c1C. The highest BCUT2D eigenvalue weighted by Crippen LogP contribution is 2.16. The van der Waals surface area contributed by atoms with E-state index in [-0.39, 0.29) is 0 Å². The molecule has 0 aliphatic rings. The summed E-state index contributed by atoms with van der Waals surface area (Å²) in [6.45, 7) is 7.37. The molecule has 0 atom stereocenters. The van der Waals surface area contributed by atoms with Gasteiger partial charge in [0.25, 0.3) is 0 Å². The Kier molecular flexibility index (Phi) is 2.20. The summed E-state index contributed by atoms with van der Waals surface area (Å²) in [7, 11) is 0. The lowest BCUT2D eigenvalue weighted by Gasteiger charge is -2.03. The maximum atomic E-state index is 5.05. The summed E-state index contributed by atoms with van der Waals surface area (Å²) in [6, 6.07) is 2.00. The summed E-state index contributed by atoms with van der Waals surface area (Å²) < 4.78 is 7.31. The van der Waals surface area contributed by atoms with Crippen molar-refractivity contribution in [3.05, 3.63) is 47.2 Å². The van der Waals surface area contributed by atoms with Crippen molar-refractivity contribution in [2.24, 2.45) is 0 Å². The van der Waals surface area contributed by atoms with Crippen molar-refractivity contribution in [2.45, 2.75) is 27.3 Å². The van der Waals surface area contributed by atoms with Gasteiger partial charge in [-0.15, -0.1) is 0 Å². The molecule has 2 aromatic heterocycles. The van der Waals surface area contributed by atoms with E-state index in [0.29, 0.717) is 0 Å². The maximum Gasteiger partial charge on any atom is 0.0952 e. The van der Waals surface area contributed by atoms with Crippen LogP contribution in [0.15, 0.2) is 29.2 Å². The van der Waals surface area contributed by atoms with Crippen molar-refractivity contribution in [2.75, 3.05) is 0 Å². The first-order valence-electron chi connectivity index (χ1n) is 4.82. The van der Waals surface area contributed by atoms with Gasteiger partial charge in [-0.25, -0.2) is 0 Å². The van der Waals surface area contributed by atoms with Gasteiger partial charge < -0.3 is 8.98 Å². The molecule has 2 rings (SSSR count). The number of furan rings is 1. The zero-order valence-corrected chi connectivity index (χ0v) is 8.87. The number of hydrogen-bond donors (Lipinski definition) is 0. The average Bonchev–Trinajstić information content (AvgIpc) is 2.73. The lowest BCUT2D eigenvalue weighted by molar-refractivity contribution is 0.562. The molecule has 2 aromatic rings. The van der Waals surface area contributed by atoms with Crippen LogP contribution in [-0.4, -0.2) is 4.57 Å². The first-order chi connectivity index (χ1) is 6.68. The van der Waals surface area contributed by atoms with Crippen molar-refractivity contribution in [3.63, 3.8) is 0 Å². The molecule has 0 radical (unpaired) electrons. The molecule has 0 fully saturated rings. The van der Waals surface area contributed by atoms with Gasteiger partial charge in [-0.2, -0.15) is 0 Å². The van der Waals surface area contributed by atoms with Crippen LogP contribution in [-0.2, 0) is 6.54 Å². The molecule has 74 valence electrons. The smallest absolute Gasteiger partial charge is 0.0952 e. The molecule has 0 bridgehead atoms. The van der Waals surface area contributed by atoms with Crippen molar-refractivity contribution in [3.8, 4) is 0 Å². The predicted octanol–water partition coefficient (Wildman–Crippen LogP) is 3.05. The maximum absolute atomic E-state index is 5.05. The first-order valence-corrected chi connectivity index (χ1v) is 4.82. The van der Waals surface area contributed by atoms with Gasteiger partial charge in [-0.1, -0.05) is 0 Å². The Bertz CT molecular complexity index is 423. The minimum Gasteiger partial charge on any atom is -0.472 e. The number of aromatic nitrogens is 1. The van der Waals surface area contributed by atoms with Gasteiger partial charge in [0.1, 0.15) is 0 Å². The molecular formula is C12H15NO. The van der Waals surface area contributed by atoms with Gasteiger partial charge >= 0.3 is 0 Å². The van der Waals surface area contributed by atoms with E-state index in [0.717, 1.165) is 6.54 Å². The van der Waals surface area contributed by atoms with E-state index in [9.17, 15) is 0 Å². The summed E-state index contributed by atoms with van der Waals surface area (Å²) >= 11 is 0. The fraction of sp³-hybridized carbons (Fsp3) is 0.333. The zero-order chi connectivity index (χ0) is 10.1. The van der Waals surface area contributed by atoms with E-state index < -0.39 is 0 Å². The van der Waals surface area contributed by atoms with Crippen LogP contribution >= 0.6 is 0 Å². The van der Waals surface area contributed by atoms with Gasteiger partial charge in [0.15, 0.2) is 0 Å². The molecule has 2 heteroatoms. The number of aryl methyl sites for hydroxylation is 1. The van der Waals surface area contributed by atoms with Gasteiger partial charge in [0, 0.05) is 17.5 Å². The van der Waals surface area contributed by atoms with Crippen LogP contribution in [0.5, 0.6) is 0 Å². The van der Waals surface area contributed by atoms with Gasteiger partial charge in [-0.3, -0.25) is 0 Å². The number of nitrogens with zero attached hydrogens (tertiary/aromatic N) is 1. The second-order valence-electron chi connectivity index (χ2n) is 3.78. The third kappa shape index (κ3) is 1.48. The minimum absolute atomic E-state index is 0.900. The molecule has 0 aliphatic heterocycles. The molecule has 0 spiro atoms. The molecule has 0 saturated carbocycles. The van der Waals surface area contributed by atoms with Gasteiger partial charge in [-0.05, 0) is 38.0 Å². The second kappa shape index (κ2) is 3.37. The molecule has 0 amide bonds. The monoisotopic (exact) mass is 189 g/mol. The molecule has 2 nitrogen and oxygen atoms in total. The average molecular weight is 189 g/mol. The van der Waals surface area contributed by atoms with Crippen molar-refractivity contribution in [1.82, 2.24) is 4.57 Å². The van der Waals surface area contributed by atoms with E-state index in [1.807, 2.05) is 6.07 Å². The number of hydrogen-bond acceptors (Lipinski definition) is 1. The van der Waals surface area contributed by atoms with Crippen molar-refractivity contribution < 1.29 is 4.42 Å². The van der Waals surface area contributed by atoms with E-state index in [2.05, 4.69) is 31.5 Å². The molecule has 0 aromatic carbocycles. The largest absolute Gasteiger partial charge is 0.472 e. The molecule has 0 N–H and O–H groups in total. The standard InChI is InChI=1S/C12H15NO/c1-9-6-13(11(3)10(9)2)7-12-4-5-14-8-12/h4-6,8H,7H2,1-3H3.